The Bertz CT molecular complexity index is 410. The Hall–Kier alpha value is -0.880. The van der Waals surface area contributed by atoms with Gasteiger partial charge in [0.1, 0.15) is 0 Å². The minimum Gasteiger partial charge on any atom is -0.480 e. The molecule has 17 heavy (non-hydrogen) atoms. The molecule has 0 aromatic carbocycles. The third-order valence-corrected chi connectivity index (χ3v) is 3.59. The first-order valence-corrected chi connectivity index (χ1v) is 6.33. The number of hydrogen-bond acceptors (Lipinski definition) is 5. The Labute approximate surface area is 109 Å². The van der Waals surface area contributed by atoms with Crippen LogP contribution in [0.15, 0.2) is 10.7 Å². The van der Waals surface area contributed by atoms with Crippen LogP contribution in [-0.2, 0) is 0 Å². The summed E-state index contributed by atoms with van der Waals surface area (Å²) in [7, 11) is 3.44. The molecule has 1 aliphatic rings. The van der Waals surface area contributed by atoms with Gasteiger partial charge in [-0.25, -0.2) is 4.98 Å². The third-order valence-electron chi connectivity index (χ3n) is 3.05. The van der Waals surface area contributed by atoms with Crippen LogP contribution in [0.1, 0.15) is 19.3 Å². The van der Waals surface area contributed by atoms with Crippen molar-refractivity contribution in [3.05, 3.63) is 10.7 Å². The Morgan fingerprint density at radius 3 is 2.82 bits per heavy atom. The van der Waals surface area contributed by atoms with Gasteiger partial charge in [0.05, 0.1) is 23.4 Å². The molecule has 1 aromatic heterocycles. The number of aliphatic hydroxyl groups is 1. The van der Waals surface area contributed by atoms with E-state index in [-0.39, 0.29) is 0 Å². The molecule has 0 amide bonds. The molecule has 1 N–H and O–H groups in total. The standard InChI is InChI=1S/C11H16BrN3O2/c1-15(7-11(16)4-3-5-11)10-13-6-8(12)9(14-10)17-2/h6,16H,3-5,7H2,1-2H3. The number of hydrogen-bond donors (Lipinski definition) is 1. The van der Waals surface area contributed by atoms with E-state index in [1.165, 1.54) is 0 Å². The van der Waals surface area contributed by atoms with Gasteiger partial charge in [-0.05, 0) is 35.2 Å². The van der Waals surface area contributed by atoms with E-state index in [2.05, 4.69) is 25.9 Å². The van der Waals surface area contributed by atoms with Crippen LogP contribution < -0.4 is 9.64 Å². The molecule has 1 fully saturated rings. The number of anilines is 1. The summed E-state index contributed by atoms with van der Waals surface area (Å²) >= 11 is 3.31. The zero-order chi connectivity index (χ0) is 12.5. The highest BCUT2D eigenvalue weighted by Crippen LogP contribution is 2.33. The molecule has 6 heteroatoms. The zero-order valence-electron chi connectivity index (χ0n) is 9.98. The molecule has 0 aliphatic heterocycles. The molecule has 0 bridgehead atoms. The molecule has 0 saturated heterocycles. The first-order valence-electron chi connectivity index (χ1n) is 5.54. The van der Waals surface area contributed by atoms with E-state index < -0.39 is 5.60 Å². The monoisotopic (exact) mass is 301 g/mol. The smallest absolute Gasteiger partial charge is 0.232 e. The first-order chi connectivity index (χ1) is 8.04. The van der Waals surface area contributed by atoms with Gasteiger partial charge in [-0.15, -0.1) is 0 Å². The Morgan fingerprint density at radius 2 is 2.29 bits per heavy atom. The minimum atomic E-state index is -0.571. The summed E-state index contributed by atoms with van der Waals surface area (Å²) in [6.45, 7) is 0.553. The number of halogens is 1. The topological polar surface area (TPSA) is 58.5 Å². The number of methoxy groups -OCH3 is 1. The van der Waals surface area contributed by atoms with Crippen LogP contribution in [0, 0.1) is 0 Å². The quantitative estimate of drug-likeness (QED) is 0.915. The molecule has 2 rings (SSSR count). The number of likely N-dealkylation sites (N-methyl/N-ethyl adjacent to an activating group) is 1. The molecule has 94 valence electrons. The highest BCUT2D eigenvalue weighted by molar-refractivity contribution is 9.10. The fourth-order valence-corrected chi connectivity index (χ4v) is 2.28. The fourth-order valence-electron chi connectivity index (χ4n) is 1.92. The average Bonchev–Trinajstić information content (AvgIpc) is 2.27. The van der Waals surface area contributed by atoms with Crippen molar-refractivity contribution < 1.29 is 9.84 Å². The number of ether oxygens (including phenoxy) is 1. The fraction of sp³-hybridized carbons (Fsp3) is 0.636. The Kier molecular flexibility index (Phi) is 3.53. The van der Waals surface area contributed by atoms with E-state index in [1.807, 2.05) is 11.9 Å². The zero-order valence-corrected chi connectivity index (χ0v) is 11.6. The largest absolute Gasteiger partial charge is 0.480 e. The van der Waals surface area contributed by atoms with E-state index in [1.54, 1.807) is 13.3 Å². The molecule has 0 atom stereocenters. The number of aromatic nitrogens is 2. The van der Waals surface area contributed by atoms with Gasteiger partial charge in [0.15, 0.2) is 0 Å². The van der Waals surface area contributed by atoms with Crippen LogP contribution in [0.5, 0.6) is 5.88 Å². The highest BCUT2D eigenvalue weighted by Gasteiger charge is 2.36. The van der Waals surface area contributed by atoms with Crippen molar-refractivity contribution in [1.82, 2.24) is 9.97 Å². The average molecular weight is 302 g/mol. The van der Waals surface area contributed by atoms with E-state index in [9.17, 15) is 5.11 Å². The summed E-state index contributed by atoms with van der Waals surface area (Å²) in [6.07, 6.45) is 4.45. The molecule has 1 saturated carbocycles. The summed E-state index contributed by atoms with van der Waals surface area (Å²) in [5, 5.41) is 10.1. The second kappa shape index (κ2) is 4.78. The predicted octanol–water partition coefficient (Wildman–Crippen LogP) is 1.60. The van der Waals surface area contributed by atoms with Gasteiger partial charge in [-0.1, -0.05) is 0 Å². The molecule has 0 unspecified atom stereocenters. The van der Waals surface area contributed by atoms with Crippen molar-refractivity contribution in [2.75, 3.05) is 25.6 Å². The van der Waals surface area contributed by atoms with Crippen molar-refractivity contribution in [2.24, 2.45) is 0 Å². The molecule has 1 aliphatic carbocycles. The number of nitrogens with zero attached hydrogens (tertiary/aromatic N) is 3. The van der Waals surface area contributed by atoms with E-state index >= 15 is 0 Å². The van der Waals surface area contributed by atoms with E-state index in [0.29, 0.717) is 18.4 Å². The molecular weight excluding hydrogens is 286 g/mol. The van der Waals surface area contributed by atoms with Crippen molar-refractivity contribution in [1.29, 1.82) is 0 Å². The van der Waals surface area contributed by atoms with E-state index in [0.717, 1.165) is 23.7 Å². The lowest BCUT2D eigenvalue weighted by Gasteiger charge is -2.39. The summed E-state index contributed by atoms with van der Waals surface area (Å²) in [6, 6.07) is 0. The van der Waals surface area contributed by atoms with Crippen molar-refractivity contribution >= 4 is 21.9 Å². The van der Waals surface area contributed by atoms with E-state index in [4.69, 9.17) is 4.74 Å². The van der Waals surface area contributed by atoms with Crippen LogP contribution in [0.3, 0.4) is 0 Å². The lowest BCUT2D eigenvalue weighted by atomic mass is 9.80. The van der Waals surface area contributed by atoms with Crippen LogP contribution in [0.4, 0.5) is 5.95 Å². The van der Waals surface area contributed by atoms with Gasteiger partial charge in [0.2, 0.25) is 11.8 Å². The summed E-state index contributed by atoms with van der Waals surface area (Å²) in [5.74, 6) is 1.06. The molecule has 0 radical (unpaired) electrons. The van der Waals surface area contributed by atoms with Gasteiger partial charge in [0, 0.05) is 13.6 Å². The second-order valence-corrected chi connectivity index (χ2v) is 5.32. The molecule has 1 heterocycles. The lowest BCUT2D eigenvalue weighted by Crippen LogP contribution is -2.47. The maximum atomic E-state index is 10.1. The highest BCUT2D eigenvalue weighted by atomic mass is 79.9. The molecule has 1 aromatic rings. The van der Waals surface area contributed by atoms with Gasteiger partial charge < -0.3 is 14.7 Å². The maximum absolute atomic E-state index is 10.1. The minimum absolute atomic E-state index is 0.502. The summed E-state index contributed by atoms with van der Waals surface area (Å²) < 4.78 is 5.84. The van der Waals surface area contributed by atoms with Crippen LogP contribution in [0.25, 0.3) is 0 Å². The Balaban J connectivity index is 2.10. The lowest BCUT2D eigenvalue weighted by molar-refractivity contribution is -0.0249. The van der Waals surface area contributed by atoms with Gasteiger partial charge >= 0.3 is 0 Å². The van der Waals surface area contributed by atoms with Gasteiger partial charge in [-0.2, -0.15) is 4.98 Å². The normalized spacial score (nSPS) is 17.4. The van der Waals surface area contributed by atoms with Gasteiger partial charge in [0.25, 0.3) is 0 Å². The molecule has 5 nitrogen and oxygen atoms in total. The van der Waals surface area contributed by atoms with Crippen LogP contribution >= 0.6 is 15.9 Å². The van der Waals surface area contributed by atoms with Gasteiger partial charge in [-0.3, -0.25) is 0 Å². The van der Waals surface area contributed by atoms with Crippen molar-refractivity contribution in [3.8, 4) is 5.88 Å². The van der Waals surface area contributed by atoms with Crippen molar-refractivity contribution in [2.45, 2.75) is 24.9 Å². The SMILES string of the molecule is COc1nc(N(C)CC2(O)CCC2)ncc1Br. The van der Waals surface area contributed by atoms with Crippen LogP contribution in [0.2, 0.25) is 0 Å². The number of rotatable bonds is 4. The second-order valence-electron chi connectivity index (χ2n) is 4.46. The first kappa shape index (κ1) is 12.6. The maximum Gasteiger partial charge on any atom is 0.232 e. The summed E-state index contributed by atoms with van der Waals surface area (Å²) in [5.41, 5.74) is -0.571. The predicted molar refractivity (Wildman–Crippen MR) is 68.4 cm³/mol. The third kappa shape index (κ3) is 2.69. The van der Waals surface area contributed by atoms with Crippen LogP contribution in [-0.4, -0.2) is 41.4 Å². The van der Waals surface area contributed by atoms with Crippen molar-refractivity contribution in [3.63, 3.8) is 0 Å². The Morgan fingerprint density at radius 1 is 1.59 bits per heavy atom. The molecular formula is C11H16BrN3O2. The summed E-state index contributed by atoms with van der Waals surface area (Å²) in [4.78, 5) is 10.3. The molecule has 0 spiro atoms.